The van der Waals surface area contributed by atoms with Crippen LogP contribution in [0, 0.1) is 0 Å². The molecule has 0 bridgehead atoms. The van der Waals surface area contributed by atoms with E-state index in [1.165, 1.54) is 11.3 Å². The highest BCUT2D eigenvalue weighted by molar-refractivity contribution is 7.09. The van der Waals surface area contributed by atoms with Gasteiger partial charge >= 0.3 is 6.18 Å². The number of hydrogen-bond donors (Lipinski definition) is 2. The summed E-state index contributed by atoms with van der Waals surface area (Å²) in [5.41, 5.74) is -0.358. The van der Waals surface area contributed by atoms with Gasteiger partial charge in [0.1, 0.15) is 10.8 Å². The first-order valence-electron chi connectivity index (χ1n) is 5.41. The lowest BCUT2D eigenvalue weighted by Gasteiger charge is -2.09. The molecule has 0 spiro atoms. The van der Waals surface area contributed by atoms with Gasteiger partial charge in [-0.05, 0) is 6.07 Å². The minimum atomic E-state index is -4.47. The van der Waals surface area contributed by atoms with Gasteiger partial charge in [-0.25, -0.2) is 9.97 Å². The van der Waals surface area contributed by atoms with Crippen molar-refractivity contribution in [3.05, 3.63) is 38.9 Å². The Hall–Kier alpha value is -1.38. The number of anilines is 1. The van der Waals surface area contributed by atoms with Gasteiger partial charge in [0.25, 0.3) is 0 Å². The lowest BCUT2D eigenvalue weighted by atomic mass is 10.3. The van der Waals surface area contributed by atoms with E-state index < -0.39 is 11.7 Å². The Morgan fingerprint density at radius 1 is 1.40 bits per heavy atom. The highest BCUT2D eigenvalue weighted by Crippen LogP contribution is 2.32. The van der Waals surface area contributed by atoms with Crippen molar-refractivity contribution in [3.8, 4) is 0 Å². The van der Waals surface area contributed by atoms with Gasteiger partial charge in [-0.2, -0.15) is 13.2 Å². The summed E-state index contributed by atoms with van der Waals surface area (Å²) < 4.78 is 37.3. The van der Waals surface area contributed by atoms with Crippen LogP contribution in [0.3, 0.4) is 0 Å². The van der Waals surface area contributed by atoms with Gasteiger partial charge in [0, 0.05) is 11.6 Å². The van der Waals surface area contributed by atoms with Crippen molar-refractivity contribution in [2.75, 3.05) is 5.32 Å². The molecule has 0 saturated heterocycles. The molecular weight excluding hydrogens is 315 g/mol. The summed E-state index contributed by atoms with van der Waals surface area (Å²) in [5.74, 6) is 0.153. The molecule has 0 aromatic carbocycles. The van der Waals surface area contributed by atoms with Crippen LogP contribution < -0.4 is 5.32 Å². The van der Waals surface area contributed by atoms with Gasteiger partial charge in [-0.15, -0.1) is 11.3 Å². The average Bonchev–Trinajstić information content (AvgIpc) is 2.84. The maximum absolute atomic E-state index is 12.4. The highest BCUT2D eigenvalue weighted by Gasteiger charge is 2.31. The number of nitrogens with one attached hydrogen (secondary N) is 1. The lowest BCUT2D eigenvalue weighted by molar-refractivity contribution is -0.137. The molecule has 0 fully saturated rings. The number of thiazole rings is 1. The molecular formula is C11H9ClF3N3OS. The van der Waals surface area contributed by atoms with Crippen LogP contribution in [0.15, 0.2) is 17.6 Å². The van der Waals surface area contributed by atoms with Crippen LogP contribution in [0.4, 0.5) is 19.0 Å². The third-order valence-electron chi connectivity index (χ3n) is 2.34. The minimum absolute atomic E-state index is 0.112. The quantitative estimate of drug-likeness (QED) is 0.906. The molecule has 2 heterocycles. The summed E-state index contributed by atoms with van der Waals surface area (Å²) in [4.78, 5) is 7.74. The number of nitrogens with zero attached hydrogens (tertiary/aromatic N) is 2. The third-order valence-corrected chi connectivity index (χ3v) is 3.52. The molecule has 2 N–H and O–H groups in total. The maximum atomic E-state index is 12.4. The molecule has 2 rings (SSSR count). The van der Waals surface area contributed by atoms with Crippen LogP contribution in [0.5, 0.6) is 0 Å². The molecule has 4 nitrogen and oxygen atoms in total. The van der Waals surface area contributed by atoms with E-state index in [-0.39, 0.29) is 24.0 Å². The second kappa shape index (κ2) is 5.94. The van der Waals surface area contributed by atoms with E-state index in [9.17, 15) is 13.2 Å². The summed E-state index contributed by atoms with van der Waals surface area (Å²) in [6, 6.07) is 0.817. The molecule has 0 unspecified atom stereocenters. The Morgan fingerprint density at radius 3 is 2.70 bits per heavy atom. The number of aliphatic hydroxyl groups is 1. The number of hydrogen-bond acceptors (Lipinski definition) is 5. The van der Waals surface area contributed by atoms with Gasteiger partial charge in [0.15, 0.2) is 0 Å². The molecule has 0 aliphatic heterocycles. The summed E-state index contributed by atoms with van der Waals surface area (Å²) in [7, 11) is 0. The zero-order valence-corrected chi connectivity index (χ0v) is 11.5. The van der Waals surface area contributed by atoms with Crippen LogP contribution in [-0.4, -0.2) is 15.1 Å². The average molecular weight is 324 g/mol. The van der Waals surface area contributed by atoms with E-state index >= 15 is 0 Å². The van der Waals surface area contributed by atoms with E-state index in [4.69, 9.17) is 16.7 Å². The monoisotopic (exact) mass is 323 g/mol. The van der Waals surface area contributed by atoms with E-state index in [0.29, 0.717) is 10.7 Å². The Labute approximate surface area is 121 Å². The zero-order chi connectivity index (χ0) is 14.8. The molecule has 0 saturated carbocycles. The SMILES string of the molecule is OCc1csc(CNc2ncc(C(F)(F)F)cc2Cl)n1. The van der Waals surface area contributed by atoms with Crippen LogP contribution in [0.1, 0.15) is 16.3 Å². The topological polar surface area (TPSA) is 58.0 Å². The maximum Gasteiger partial charge on any atom is 0.417 e. The number of rotatable bonds is 4. The van der Waals surface area contributed by atoms with Crippen molar-refractivity contribution in [2.45, 2.75) is 19.3 Å². The molecule has 0 aliphatic rings. The van der Waals surface area contributed by atoms with Crippen LogP contribution in [-0.2, 0) is 19.3 Å². The first kappa shape index (κ1) is 15.0. The second-order valence-electron chi connectivity index (χ2n) is 3.80. The Bertz CT molecular complexity index is 603. The van der Waals surface area contributed by atoms with Crippen LogP contribution in [0.2, 0.25) is 5.02 Å². The van der Waals surface area contributed by atoms with Gasteiger partial charge < -0.3 is 10.4 Å². The molecule has 108 valence electrons. The predicted octanol–water partition coefficient (Wildman–Crippen LogP) is 3.31. The number of alkyl halides is 3. The molecule has 2 aromatic heterocycles. The Kier molecular flexibility index (Phi) is 4.46. The van der Waals surface area contributed by atoms with Crippen LogP contribution in [0.25, 0.3) is 0 Å². The summed E-state index contributed by atoms with van der Waals surface area (Å²) in [6.45, 7) is 0.110. The van der Waals surface area contributed by atoms with Gasteiger partial charge in [-0.3, -0.25) is 0 Å². The van der Waals surface area contributed by atoms with E-state index in [1.54, 1.807) is 5.38 Å². The van der Waals surface area contributed by atoms with Gasteiger partial charge in [0.05, 0.1) is 29.4 Å². The third kappa shape index (κ3) is 3.59. The van der Waals surface area contributed by atoms with Crippen molar-refractivity contribution in [1.82, 2.24) is 9.97 Å². The molecule has 0 atom stereocenters. The van der Waals surface area contributed by atoms with Crippen molar-refractivity contribution >= 4 is 28.8 Å². The lowest BCUT2D eigenvalue weighted by Crippen LogP contribution is -2.08. The fraction of sp³-hybridized carbons (Fsp3) is 0.273. The first-order valence-corrected chi connectivity index (χ1v) is 6.66. The molecule has 20 heavy (non-hydrogen) atoms. The minimum Gasteiger partial charge on any atom is -0.390 e. The zero-order valence-electron chi connectivity index (χ0n) is 9.91. The van der Waals surface area contributed by atoms with Gasteiger partial charge in [0.2, 0.25) is 0 Å². The van der Waals surface area contributed by atoms with E-state index in [1.807, 2.05) is 0 Å². The van der Waals surface area contributed by atoms with Crippen molar-refractivity contribution in [2.24, 2.45) is 0 Å². The molecule has 0 amide bonds. The Morgan fingerprint density at radius 2 is 2.15 bits per heavy atom. The summed E-state index contributed by atoms with van der Waals surface area (Å²) in [5, 5.41) is 13.9. The summed E-state index contributed by atoms with van der Waals surface area (Å²) >= 11 is 7.07. The second-order valence-corrected chi connectivity index (χ2v) is 5.15. The number of halogens is 4. The number of aromatic nitrogens is 2. The first-order chi connectivity index (χ1) is 9.40. The van der Waals surface area contributed by atoms with E-state index in [0.717, 1.165) is 12.3 Å². The largest absolute Gasteiger partial charge is 0.417 e. The highest BCUT2D eigenvalue weighted by atomic mass is 35.5. The van der Waals surface area contributed by atoms with Crippen LogP contribution >= 0.6 is 22.9 Å². The standard InChI is InChI=1S/C11H9ClF3N3OS/c12-8-1-6(11(13,14)15)2-16-10(8)17-3-9-18-7(4-19)5-20-9/h1-2,5,19H,3-4H2,(H,16,17). The van der Waals surface area contributed by atoms with Gasteiger partial charge in [-0.1, -0.05) is 11.6 Å². The molecule has 0 aliphatic carbocycles. The normalized spacial score (nSPS) is 11.7. The molecule has 9 heteroatoms. The van der Waals surface area contributed by atoms with Crippen molar-refractivity contribution < 1.29 is 18.3 Å². The molecule has 0 radical (unpaired) electrons. The van der Waals surface area contributed by atoms with Crippen molar-refractivity contribution in [1.29, 1.82) is 0 Å². The molecule has 2 aromatic rings. The smallest absolute Gasteiger partial charge is 0.390 e. The Balaban J connectivity index is 2.06. The number of pyridine rings is 1. The predicted molar refractivity (Wildman–Crippen MR) is 69.6 cm³/mol. The fourth-order valence-corrected chi connectivity index (χ4v) is 2.34. The number of aliphatic hydroxyl groups excluding tert-OH is 1. The van der Waals surface area contributed by atoms with E-state index in [2.05, 4.69) is 15.3 Å². The summed E-state index contributed by atoms with van der Waals surface area (Å²) in [6.07, 6.45) is -3.75. The van der Waals surface area contributed by atoms with Crippen molar-refractivity contribution in [3.63, 3.8) is 0 Å². The fourth-order valence-electron chi connectivity index (χ4n) is 1.39.